The van der Waals surface area contributed by atoms with Crippen LogP contribution in [-0.4, -0.2) is 15.5 Å². The minimum absolute atomic E-state index is 0.0984. The number of aromatic nitrogens is 2. The lowest BCUT2D eigenvalue weighted by atomic mass is 10.1. The molecule has 1 atom stereocenters. The molecular formula is C18H15ClN4O. The van der Waals surface area contributed by atoms with Gasteiger partial charge in [-0.1, -0.05) is 35.9 Å². The van der Waals surface area contributed by atoms with Crippen LogP contribution in [-0.2, 0) is 6.54 Å². The molecule has 0 saturated carbocycles. The van der Waals surface area contributed by atoms with Gasteiger partial charge in [-0.2, -0.15) is 0 Å². The number of anilines is 1. The number of halogens is 1. The second-order valence-corrected chi connectivity index (χ2v) is 6.13. The quantitative estimate of drug-likeness (QED) is 0.769. The molecule has 24 heavy (non-hydrogen) atoms. The Morgan fingerprint density at radius 1 is 1.12 bits per heavy atom. The minimum Gasteiger partial charge on any atom is -0.360 e. The van der Waals surface area contributed by atoms with Crippen molar-refractivity contribution >= 4 is 23.2 Å². The maximum atomic E-state index is 12.2. The van der Waals surface area contributed by atoms with Gasteiger partial charge in [-0.25, -0.2) is 4.98 Å². The van der Waals surface area contributed by atoms with Crippen LogP contribution in [0.15, 0.2) is 61.1 Å². The summed E-state index contributed by atoms with van der Waals surface area (Å²) in [6.45, 7) is 0.671. The van der Waals surface area contributed by atoms with Crippen LogP contribution >= 0.6 is 11.6 Å². The van der Waals surface area contributed by atoms with Crippen LogP contribution in [0.5, 0.6) is 0 Å². The second kappa shape index (κ2) is 6.02. The van der Waals surface area contributed by atoms with E-state index in [0.29, 0.717) is 17.1 Å². The van der Waals surface area contributed by atoms with E-state index in [4.69, 9.17) is 11.6 Å². The molecule has 1 amide bonds. The topological polar surface area (TPSA) is 59.0 Å². The molecule has 0 saturated heterocycles. The summed E-state index contributed by atoms with van der Waals surface area (Å²) in [5.41, 5.74) is 3.32. The molecule has 1 aliphatic rings. The van der Waals surface area contributed by atoms with Crippen molar-refractivity contribution in [2.45, 2.75) is 12.7 Å². The highest BCUT2D eigenvalue weighted by Gasteiger charge is 2.25. The highest BCUT2D eigenvalue weighted by molar-refractivity contribution is 6.30. The number of amides is 1. The lowest BCUT2D eigenvalue weighted by Crippen LogP contribution is -2.38. The summed E-state index contributed by atoms with van der Waals surface area (Å²) in [5.74, 6) is -0.0984. The lowest BCUT2D eigenvalue weighted by Gasteiger charge is -2.26. The number of fused-ring (bicyclic) bond motifs is 1. The van der Waals surface area contributed by atoms with Crippen molar-refractivity contribution in [2.75, 3.05) is 5.32 Å². The predicted molar refractivity (Wildman–Crippen MR) is 93.1 cm³/mol. The van der Waals surface area contributed by atoms with Gasteiger partial charge >= 0.3 is 0 Å². The number of rotatable bonds is 3. The summed E-state index contributed by atoms with van der Waals surface area (Å²) in [5, 5.41) is 6.94. The molecule has 6 heteroatoms. The Morgan fingerprint density at radius 2 is 2.00 bits per heavy atom. The Morgan fingerprint density at radius 3 is 2.88 bits per heavy atom. The van der Waals surface area contributed by atoms with E-state index in [0.717, 1.165) is 16.9 Å². The van der Waals surface area contributed by atoms with E-state index in [-0.39, 0.29) is 12.1 Å². The maximum Gasteiger partial charge on any atom is 0.255 e. The van der Waals surface area contributed by atoms with Gasteiger partial charge in [-0.05, 0) is 29.8 Å². The zero-order valence-corrected chi connectivity index (χ0v) is 13.5. The molecule has 2 aromatic carbocycles. The molecule has 4 rings (SSSR count). The van der Waals surface area contributed by atoms with Crippen LogP contribution in [0.3, 0.4) is 0 Å². The van der Waals surface area contributed by atoms with Gasteiger partial charge in [0.1, 0.15) is 11.9 Å². The molecule has 120 valence electrons. The zero-order valence-electron chi connectivity index (χ0n) is 12.7. The molecule has 1 unspecified atom stereocenters. The van der Waals surface area contributed by atoms with E-state index in [1.807, 2.05) is 53.2 Å². The molecule has 2 N–H and O–H groups in total. The maximum absolute atomic E-state index is 12.2. The van der Waals surface area contributed by atoms with E-state index < -0.39 is 0 Å². The van der Waals surface area contributed by atoms with Crippen LogP contribution in [0, 0.1) is 0 Å². The van der Waals surface area contributed by atoms with E-state index in [1.54, 1.807) is 12.4 Å². The Labute approximate surface area is 144 Å². The molecule has 1 aromatic heterocycles. The molecule has 5 nitrogen and oxygen atoms in total. The first-order valence-electron chi connectivity index (χ1n) is 7.61. The molecule has 0 aliphatic carbocycles. The van der Waals surface area contributed by atoms with E-state index >= 15 is 0 Å². The summed E-state index contributed by atoms with van der Waals surface area (Å²) in [6.07, 6.45) is 3.34. The lowest BCUT2D eigenvalue weighted by molar-refractivity contribution is 0.0935. The Kier molecular flexibility index (Phi) is 3.70. The fraction of sp³-hybridized carbons (Fsp3) is 0.111. The predicted octanol–water partition coefficient (Wildman–Crippen LogP) is 3.44. The molecule has 3 aromatic rings. The highest BCUT2D eigenvalue weighted by Crippen LogP contribution is 2.25. The van der Waals surface area contributed by atoms with Crippen LogP contribution < -0.4 is 10.6 Å². The summed E-state index contributed by atoms with van der Waals surface area (Å²) < 4.78 is 1.97. The first-order valence-corrected chi connectivity index (χ1v) is 7.99. The molecule has 2 heterocycles. The van der Waals surface area contributed by atoms with Crippen molar-refractivity contribution < 1.29 is 4.79 Å². The van der Waals surface area contributed by atoms with Crippen LogP contribution in [0.25, 0.3) is 0 Å². The number of para-hydroxylation sites is 1. The molecule has 0 spiro atoms. The van der Waals surface area contributed by atoms with Gasteiger partial charge in [0.05, 0.1) is 11.9 Å². The monoisotopic (exact) mass is 338 g/mol. The van der Waals surface area contributed by atoms with Gasteiger partial charge in [0, 0.05) is 23.5 Å². The summed E-state index contributed by atoms with van der Waals surface area (Å²) >= 11 is 6.02. The van der Waals surface area contributed by atoms with Gasteiger partial charge < -0.3 is 15.2 Å². The van der Waals surface area contributed by atoms with E-state index in [2.05, 4.69) is 15.6 Å². The summed E-state index contributed by atoms with van der Waals surface area (Å²) in [6, 6.07) is 15.2. The first-order chi connectivity index (χ1) is 11.7. The minimum atomic E-state index is -0.340. The van der Waals surface area contributed by atoms with Crippen LogP contribution in [0.1, 0.15) is 27.8 Å². The number of nitrogens with zero attached hydrogens (tertiary/aromatic N) is 2. The average Bonchev–Trinajstić information content (AvgIpc) is 3.03. The zero-order chi connectivity index (χ0) is 16.5. The van der Waals surface area contributed by atoms with Gasteiger partial charge in [-0.15, -0.1) is 0 Å². The SMILES string of the molecule is O=C1NC(c2cn(Cc3cccc(Cl)c3)cn2)Nc2ccccc21. The van der Waals surface area contributed by atoms with E-state index in [9.17, 15) is 4.79 Å². The molecule has 0 radical (unpaired) electrons. The molecule has 1 aliphatic heterocycles. The Hall–Kier alpha value is -2.79. The molecule has 0 fully saturated rings. The Balaban J connectivity index is 1.54. The van der Waals surface area contributed by atoms with Crippen molar-refractivity contribution in [3.05, 3.63) is 82.9 Å². The van der Waals surface area contributed by atoms with Crippen molar-refractivity contribution in [2.24, 2.45) is 0 Å². The van der Waals surface area contributed by atoms with Gasteiger partial charge in [0.25, 0.3) is 5.91 Å². The Bertz CT molecular complexity index is 905. The summed E-state index contributed by atoms with van der Waals surface area (Å²) in [7, 11) is 0. The number of imidazole rings is 1. The third-order valence-electron chi connectivity index (χ3n) is 3.95. The van der Waals surface area contributed by atoms with Crippen molar-refractivity contribution in [3.63, 3.8) is 0 Å². The normalized spacial score (nSPS) is 16.2. The van der Waals surface area contributed by atoms with Crippen LogP contribution in [0.4, 0.5) is 5.69 Å². The van der Waals surface area contributed by atoms with Gasteiger partial charge in [0.15, 0.2) is 0 Å². The first kappa shape index (κ1) is 14.8. The average molecular weight is 339 g/mol. The van der Waals surface area contributed by atoms with Crippen molar-refractivity contribution in [1.82, 2.24) is 14.9 Å². The molecule has 0 bridgehead atoms. The third-order valence-corrected chi connectivity index (χ3v) is 4.19. The standard InChI is InChI=1S/C18H15ClN4O/c19-13-5-3-4-12(8-13)9-23-10-16(20-11-23)17-21-15-7-2-1-6-14(15)18(24)22-17/h1-8,10-11,17,21H,9H2,(H,22,24). The van der Waals surface area contributed by atoms with Crippen molar-refractivity contribution in [1.29, 1.82) is 0 Å². The smallest absolute Gasteiger partial charge is 0.255 e. The number of carbonyl (C=O) groups is 1. The number of hydrogen-bond donors (Lipinski definition) is 2. The van der Waals surface area contributed by atoms with Crippen LogP contribution in [0.2, 0.25) is 5.02 Å². The highest BCUT2D eigenvalue weighted by atomic mass is 35.5. The third kappa shape index (κ3) is 2.86. The summed E-state index contributed by atoms with van der Waals surface area (Å²) in [4.78, 5) is 16.6. The second-order valence-electron chi connectivity index (χ2n) is 5.70. The van der Waals surface area contributed by atoms with Crippen molar-refractivity contribution in [3.8, 4) is 0 Å². The largest absolute Gasteiger partial charge is 0.360 e. The number of carbonyl (C=O) groups excluding carboxylic acids is 1. The van der Waals surface area contributed by atoms with Gasteiger partial charge in [-0.3, -0.25) is 4.79 Å². The fourth-order valence-electron chi connectivity index (χ4n) is 2.81. The van der Waals surface area contributed by atoms with Gasteiger partial charge in [0.2, 0.25) is 0 Å². The fourth-order valence-corrected chi connectivity index (χ4v) is 3.03. The number of benzene rings is 2. The molecular weight excluding hydrogens is 324 g/mol. The van der Waals surface area contributed by atoms with E-state index in [1.165, 1.54) is 0 Å². The number of nitrogens with one attached hydrogen (secondary N) is 2. The number of hydrogen-bond acceptors (Lipinski definition) is 3.